The van der Waals surface area contributed by atoms with E-state index in [4.69, 9.17) is 9.47 Å². The molecular weight excluding hydrogens is 427 g/mol. The topological polar surface area (TPSA) is 42.0 Å². The molecule has 2 aliphatic rings. The number of carbonyl (C=O) groups excluding carboxylic acids is 1. The van der Waals surface area contributed by atoms with Crippen molar-refractivity contribution in [3.63, 3.8) is 0 Å². The first-order valence-corrected chi connectivity index (χ1v) is 9.91. The van der Waals surface area contributed by atoms with Crippen LogP contribution in [0.2, 0.25) is 0 Å². The Kier molecular flexibility index (Phi) is 5.64. The van der Waals surface area contributed by atoms with Crippen LogP contribution in [0.25, 0.3) is 6.08 Å². The number of rotatable bonds is 4. The minimum absolute atomic E-state index is 0.0953. The Morgan fingerprint density at radius 3 is 2.68 bits per heavy atom. The second-order valence-corrected chi connectivity index (χ2v) is 7.70. The van der Waals surface area contributed by atoms with E-state index in [9.17, 15) is 9.18 Å². The molecule has 5 nitrogen and oxygen atoms in total. The smallest absolute Gasteiger partial charge is 0.246 e. The molecular formula is C21H20BrFN2O3. The number of carbonyl (C=O) groups is 1. The van der Waals surface area contributed by atoms with Crippen LogP contribution in [-0.4, -0.2) is 48.7 Å². The van der Waals surface area contributed by atoms with E-state index in [1.165, 1.54) is 18.2 Å². The van der Waals surface area contributed by atoms with E-state index in [2.05, 4.69) is 20.8 Å². The summed E-state index contributed by atoms with van der Waals surface area (Å²) in [5, 5.41) is 0. The van der Waals surface area contributed by atoms with Crippen molar-refractivity contribution < 1.29 is 18.7 Å². The third-order valence-electron chi connectivity index (χ3n) is 4.89. The normalized spacial score (nSPS) is 16.7. The van der Waals surface area contributed by atoms with Gasteiger partial charge in [-0.3, -0.25) is 9.69 Å². The largest absolute Gasteiger partial charge is 0.454 e. The summed E-state index contributed by atoms with van der Waals surface area (Å²) in [5.41, 5.74) is 1.55. The lowest BCUT2D eigenvalue weighted by Crippen LogP contribution is -2.47. The molecule has 0 atom stereocenters. The number of amides is 1. The number of hydrogen-bond donors (Lipinski definition) is 0. The second-order valence-electron chi connectivity index (χ2n) is 6.79. The standard InChI is InChI=1S/C21H20BrFN2O3/c22-17-3-4-18(23)16(12-17)2-6-21(26)25-9-7-24(8-10-25)13-15-1-5-19-20(11-15)28-14-27-19/h1-6,11-12H,7-10,13-14H2/b6-2+. The second kappa shape index (κ2) is 8.32. The Hall–Kier alpha value is -2.38. The van der Waals surface area contributed by atoms with Crippen LogP contribution in [0.1, 0.15) is 11.1 Å². The predicted molar refractivity (Wildman–Crippen MR) is 108 cm³/mol. The van der Waals surface area contributed by atoms with Crippen molar-refractivity contribution in [1.29, 1.82) is 0 Å². The van der Waals surface area contributed by atoms with Gasteiger partial charge in [-0.25, -0.2) is 4.39 Å². The predicted octanol–water partition coefficient (Wildman–Crippen LogP) is 3.67. The van der Waals surface area contributed by atoms with E-state index in [1.807, 2.05) is 18.2 Å². The van der Waals surface area contributed by atoms with Crippen molar-refractivity contribution in [1.82, 2.24) is 9.80 Å². The van der Waals surface area contributed by atoms with Gasteiger partial charge in [0.25, 0.3) is 0 Å². The van der Waals surface area contributed by atoms with Crippen LogP contribution in [0.5, 0.6) is 11.5 Å². The summed E-state index contributed by atoms with van der Waals surface area (Å²) in [6.45, 7) is 3.95. The summed E-state index contributed by atoms with van der Waals surface area (Å²) in [5.74, 6) is 1.13. The Morgan fingerprint density at radius 1 is 1.07 bits per heavy atom. The number of ether oxygens (including phenoxy) is 2. The lowest BCUT2D eigenvalue weighted by Gasteiger charge is -2.34. The average Bonchev–Trinajstić information content (AvgIpc) is 3.17. The van der Waals surface area contributed by atoms with E-state index in [0.717, 1.165) is 41.2 Å². The van der Waals surface area contributed by atoms with E-state index in [0.29, 0.717) is 18.7 Å². The average molecular weight is 447 g/mol. The zero-order chi connectivity index (χ0) is 19.5. The molecule has 0 radical (unpaired) electrons. The van der Waals surface area contributed by atoms with Crippen LogP contribution in [0, 0.1) is 5.82 Å². The molecule has 28 heavy (non-hydrogen) atoms. The number of benzene rings is 2. The first-order chi connectivity index (χ1) is 13.6. The molecule has 4 rings (SSSR count). The molecule has 0 aromatic heterocycles. The first-order valence-electron chi connectivity index (χ1n) is 9.11. The molecule has 0 unspecified atom stereocenters. The van der Waals surface area contributed by atoms with Gasteiger partial charge in [0.15, 0.2) is 11.5 Å². The van der Waals surface area contributed by atoms with Crippen LogP contribution < -0.4 is 9.47 Å². The molecule has 1 saturated heterocycles. The summed E-state index contributed by atoms with van der Waals surface area (Å²) < 4.78 is 25.3. The van der Waals surface area contributed by atoms with Gasteiger partial charge in [0, 0.05) is 48.8 Å². The van der Waals surface area contributed by atoms with Gasteiger partial charge < -0.3 is 14.4 Å². The minimum atomic E-state index is -0.346. The molecule has 2 aliphatic heterocycles. The zero-order valence-electron chi connectivity index (χ0n) is 15.2. The van der Waals surface area contributed by atoms with Gasteiger partial charge in [-0.1, -0.05) is 22.0 Å². The maximum absolute atomic E-state index is 13.8. The summed E-state index contributed by atoms with van der Waals surface area (Å²) in [6.07, 6.45) is 2.97. The lowest BCUT2D eigenvalue weighted by molar-refractivity contribution is -0.127. The molecule has 0 bridgehead atoms. The van der Waals surface area contributed by atoms with Crippen molar-refractivity contribution in [3.05, 3.63) is 63.9 Å². The summed E-state index contributed by atoms with van der Waals surface area (Å²) in [6, 6.07) is 10.7. The first kappa shape index (κ1) is 19.0. The van der Waals surface area contributed by atoms with Gasteiger partial charge in [-0.2, -0.15) is 0 Å². The van der Waals surface area contributed by atoms with Crippen LogP contribution >= 0.6 is 15.9 Å². The highest BCUT2D eigenvalue weighted by molar-refractivity contribution is 9.10. The van der Waals surface area contributed by atoms with Crippen molar-refractivity contribution in [3.8, 4) is 11.5 Å². The molecule has 146 valence electrons. The number of piperazine rings is 1. The molecule has 0 saturated carbocycles. The summed E-state index contributed by atoms with van der Waals surface area (Å²) in [4.78, 5) is 16.5. The monoisotopic (exact) mass is 446 g/mol. The van der Waals surface area contributed by atoms with Crippen molar-refractivity contribution >= 4 is 27.9 Å². The molecule has 1 amide bonds. The van der Waals surface area contributed by atoms with Crippen molar-refractivity contribution in [2.24, 2.45) is 0 Å². The molecule has 2 aromatic rings. The maximum atomic E-state index is 13.8. The Morgan fingerprint density at radius 2 is 1.86 bits per heavy atom. The van der Waals surface area contributed by atoms with Crippen LogP contribution in [-0.2, 0) is 11.3 Å². The highest BCUT2D eigenvalue weighted by atomic mass is 79.9. The van der Waals surface area contributed by atoms with Gasteiger partial charge in [-0.05, 0) is 42.0 Å². The quantitative estimate of drug-likeness (QED) is 0.671. The fourth-order valence-electron chi connectivity index (χ4n) is 3.33. The maximum Gasteiger partial charge on any atom is 0.246 e. The highest BCUT2D eigenvalue weighted by Gasteiger charge is 2.21. The molecule has 2 aromatic carbocycles. The minimum Gasteiger partial charge on any atom is -0.454 e. The number of hydrogen-bond acceptors (Lipinski definition) is 4. The fourth-order valence-corrected chi connectivity index (χ4v) is 3.71. The van der Waals surface area contributed by atoms with E-state index in [-0.39, 0.29) is 18.5 Å². The Balaban J connectivity index is 1.30. The third kappa shape index (κ3) is 4.36. The van der Waals surface area contributed by atoms with Gasteiger partial charge in [0.1, 0.15) is 5.82 Å². The zero-order valence-corrected chi connectivity index (χ0v) is 16.8. The Bertz CT molecular complexity index is 911. The van der Waals surface area contributed by atoms with Gasteiger partial charge >= 0.3 is 0 Å². The SMILES string of the molecule is O=C(/C=C/c1cc(Br)ccc1F)N1CCN(Cc2ccc3c(c2)OCO3)CC1. The van der Waals surface area contributed by atoms with E-state index < -0.39 is 0 Å². The van der Waals surface area contributed by atoms with Gasteiger partial charge in [0.2, 0.25) is 12.7 Å². The fraction of sp³-hybridized carbons (Fsp3) is 0.286. The molecule has 1 fully saturated rings. The number of fused-ring (bicyclic) bond motifs is 1. The van der Waals surface area contributed by atoms with Crippen LogP contribution in [0.4, 0.5) is 4.39 Å². The number of nitrogens with zero attached hydrogens (tertiary/aromatic N) is 2. The van der Waals surface area contributed by atoms with Crippen LogP contribution in [0.3, 0.4) is 0 Å². The van der Waals surface area contributed by atoms with Crippen molar-refractivity contribution in [2.45, 2.75) is 6.54 Å². The van der Waals surface area contributed by atoms with Crippen molar-refractivity contribution in [2.75, 3.05) is 33.0 Å². The third-order valence-corrected chi connectivity index (χ3v) is 5.38. The Labute approximate surface area is 171 Å². The molecule has 2 heterocycles. The summed E-state index contributed by atoms with van der Waals surface area (Å²) in [7, 11) is 0. The lowest BCUT2D eigenvalue weighted by atomic mass is 10.1. The summed E-state index contributed by atoms with van der Waals surface area (Å²) >= 11 is 3.31. The van der Waals surface area contributed by atoms with E-state index >= 15 is 0 Å². The van der Waals surface area contributed by atoms with Gasteiger partial charge in [-0.15, -0.1) is 0 Å². The van der Waals surface area contributed by atoms with Gasteiger partial charge in [0.05, 0.1) is 0 Å². The van der Waals surface area contributed by atoms with Crippen LogP contribution in [0.15, 0.2) is 46.9 Å². The van der Waals surface area contributed by atoms with E-state index in [1.54, 1.807) is 17.0 Å². The molecule has 7 heteroatoms. The molecule has 0 spiro atoms. The molecule has 0 aliphatic carbocycles. The molecule has 0 N–H and O–H groups in total. The number of halogens is 2. The highest BCUT2D eigenvalue weighted by Crippen LogP contribution is 2.32.